The average Bonchev–Trinajstić information content (AvgIpc) is 3.41. The van der Waals surface area contributed by atoms with Crippen molar-refractivity contribution in [1.29, 1.82) is 0 Å². The summed E-state index contributed by atoms with van der Waals surface area (Å²) in [5.41, 5.74) is 3.89. The van der Waals surface area contributed by atoms with Crippen molar-refractivity contribution in [2.24, 2.45) is 0 Å². The van der Waals surface area contributed by atoms with Crippen molar-refractivity contribution in [3.8, 4) is 16.9 Å². The maximum atomic E-state index is 13.4. The van der Waals surface area contributed by atoms with Gasteiger partial charge in [0.15, 0.2) is 5.78 Å². The number of likely N-dealkylation sites (tertiary alicyclic amines) is 1. The van der Waals surface area contributed by atoms with E-state index in [0.717, 1.165) is 67.9 Å². The van der Waals surface area contributed by atoms with Crippen molar-refractivity contribution in [2.45, 2.75) is 38.2 Å². The molecule has 0 unspecified atom stereocenters. The molecule has 2 aliphatic rings. The third kappa shape index (κ3) is 4.47. The number of ether oxygens (including phenoxy) is 1. The Bertz CT molecular complexity index is 1160. The highest BCUT2D eigenvalue weighted by Gasteiger charge is 2.38. The summed E-state index contributed by atoms with van der Waals surface area (Å²) in [4.78, 5) is 15.6. The van der Waals surface area contributed by atoms with Crippen molar-refractivity contribution >= 4 is 29.0 Å². The van der Waals surface area contributed by atoms with Gasteiger partial charge in [0.2, 0.25) is 0 Å². The summed E-state index contributed by atoms with van der Waals surface area (Å²) in [6.07, 6.45) is 4.26. The van der Waals surface area contributed by atoms with Gasteiger partial charge in [-0.05, 0) is 56.9 Å². The normalized spacial score (nSPS) is 18.2. The molecular formula is C26H27Cl2N3O2. The molecule has 0 radical (unpaired) electrons. The Morgan fingerprint density at radius 1 is 1.06 bits per heavy atom. The van der Waals surface area contributed by atoms with E-state index in [1.807, 2.05) is 55.5 Å². The van der Waals surface area contributed by atoms with Gasteiger partial charge in [-0.2, -0.15) is 5.10 Å². The number of hydrogen-bond donors (Lipinski definition) is 0. The van der Waals surface area contributed by atoms with Gasteiger partial charge in [0.05, 0.1) is 28.5 Å². The quantitative estimate of drug-likeness (QED) is 0.418. The molecule has 172 valence electrons. The number of hydrogen-bond acceptors (Lipinski definition) is 4. The molecule has 2 saturated heterocycles. The molecule has 3 heterocycles. The number of benzene rings is 2. The van der Waals surface area contributed by atoms with Gasteiger partial charge in [-0.15, -0.1) is 0 Å². The number of Topliss-reactive ketones (excluding diaryl/α,β-unsaturated/α-hetero) is 1. The van der Waals surface area contributed by atoms with Crippen LogP contribution in [0.15, 0.2) is 48.5 Å². The van der Waals surface area contributed by atoms with Crippen LogP contribution in [-0.2, 0) is 4.74 Å². The molecule has 33 heavy (non-hydrogen) atoms. The van der Waals surface area contributed by atoms with Crippen LogP contribution in [0.2, 0.25) is 10.0 Å². The second kappa shape index (κ2) is 9.22. The highest BCUT2D eigenvalue weighted by molar-refractivity contribution is 6.32. The maximum Gasteiger partial charge on any atom is 0.197 e. The molecule has 0 bridgehead atoms. The van der Waals surface area contributed by atoms with Crippen molar-refractivity contribution in [1.82, 2.24) is 14.7 Å². The zero-order valence-electron chi connectivity index (χ0n) is 18.7. The van der Waals surface area contributed by atoms with E-state index in [0.29, 0.717) is 22.3 Å². The van der Waals surface area contributed by atoms with Crippen molar-refractivity contribution < 1.29 is 9.53 Å². The van der Waals surface area contributed by atoms with E-state index in [-0.39, 0.29) is 11.4 Å². The lowest BCUT2D eigenvalue weighted by atomic mass is 9.88. The van der Waals surface area contributed by atoms with Crippen LogP contribution in [-0.4, -0.2) is 52.3 Å². The number of rotatable bonds is 5. The van der Waals surface area contributed by atoms with E-state index >= 15 is 0 Å². The zero-order chi connectivity index (χ0) is 23.0. The Morgan fingerprint density at radius 2 is 1.79 bits per heavy atom. The van der Waals surface area contributed by atoms with Crippen LogP contribution in [0.25, 0.3) is 16.9 Å². The predicted molar refractivity (Wildman–Crippen MR) is 132 cm³/mol. The fraction of sp³-hybridized carbons (Fsp3) is 0.385. The predicted octanol–water partition coefficient (Wildman–Crippen LogP) is 5.98. The van der Waals surface area contributed by atoms with Gasteiger partial charge in [0.25, 0.3) is 0 Å². The van der Waals surface area contributed by atoms with Gasteiger partial charge in [-0.3, -0.25) is 9.69 Å². The fourth-order valence-corrected chi connectivity index (χ4v) is 5.39. The lowest BCUT2D eigenvalue weighted by Gasteiger charge is -2.38. The third-order valence-electron chi connectivity index (χ3n) is 6.90. The Labute approximate surface area is 204 Å². The van der Waals surface area contributed by atoms with E-state index in [4.69, 9.17) is 33.0 Å². The second-order valence-electron chi connectivity index (χ2n) is 9.03. The maximum absolute atomic E-state index is 13.4. The van der Waals surface area contributed by atoms with Crippen LogP contribution in [0.4, 0.5) is 0 Å². The summed E-state index contributed by atoms with van der Waals surface area (Å²) < 4.78 is 7.81. The molecule has 7 heteroatoms. The number of carbonyl (C=O) groups excluding carboxylic acids is 1. The number of aromatic nitrogens is 2. The van der Waals surface area contributed by atoms with Crippen LogP contribution >= 0.6 is 23.2 Å². The summed E-state index contributed by atoms with van der Waals surface area (Å²) in [7, 11) is 0. The Morgan fingerprint density at radius 3 is 2.45 bits per heavy atom. The van der Waals surface area contributed by atoms with Crippen LogP contribution in [0.5, 0.6) is 0 Å². The van der Waals surface area contributed by atoms with Gasteiger partial charge in [0, 0.05) is 35.8 Å². The monoisotopic (exact) mass is 483 g/mol. The topological polar surface area (TPSA) is 47.4 Å². The Kier molecular flexibility index (Phi) is 6.32. The molecule has 3 aromatic rings. The number of nitrogens with zero attached hydrogens (tertiary/aromatic N) is 3. The third-order valence-corrected chi connectivity index (χ3v) is 7.48. The lowest BCUT2D eigenvalue weighted by Crippen LogP contribution is -2.45. The molecule has 0 saturated carbocycles. The van der Waals surface area contributed by atoms with Crippen LogP contribution in [0.1, 0.15) is 41.7 Å². The molecule has 5 nitrogen and oxygen atoms in total. The molecule has 2 aromatic carbocycles. The highest BCUT2D eigenvalue weighted by Crippen LogP contribution is 2.36. The van der Waals surface area contributed by atoms with Gasteiger partial charge >= 0.3 is 0 Å². The van der Waals surface area contributed by atoms with Gasteiger partial charge < -0.3 is 4.74 Å². The van der Waals surface area contributed by atoms with Crippen LogP contribution in [0, 0.1) is 6.92 Å². The number of ketones is 1. The summed E-state index contributed by atoms with van der Waals surface area (Å²) in [6.45, 7) is 4.93. The first kappa shape index (κ1) is 22.6. The number of para-hydroxylation sites is 1. The number of piperidine rings is 1. The summed E-state index contributed by atoms with van der Waals surface area (Å²) in [6, 6.07) is 15.1. The molecule has 0 amide bonds. The second-order valence-corrected chi connectivity index (χ2v) is 9.87. The molecule has 0 aliphatic carbocycles. The van der Waals surface area contributed by atoms with Crippen molar-refractivity contribution in [3.05, 3.63) is 69.8 Å². The van der Waals surface area contributed by atoms with E-state index < -0.39 is 0 Å². The molecule has 1 aromatic heterocycles. The molecule has 2 aliphatic heterocycles. The minimum absolute atomic E-state index is 0.0248. The largest absolute Gasteiger partial charge is 0.375 e. The summed E-state index contributed by atoms with van der Waals surface area (Å²) in [5.74, 6) is 0.0248. The molecule has 1 spiro atoms. The minimum atomic E-state index is 0.0248. The van der Waals surface area contributed by atoms with Crippen molar-refractivity contribution in [3.63, 3.8) is 0 Å². The molecule has 5 rings (SSSR count). The minimum Gasteiger partial charge on any atom is -0.375 e. The highest BCUT2D eigenvalue weighted by atomic mass is 35.5. The summed E-state index contributed by atoms with van der Waals surface area (Å²) >= 11 is 12.6. The smallest absolute Gasteiger partial charge is 0.197 e. The molecule has 0 N–H and O–H groups in total. The summed E-state index contributed by atoms with van der Waals surface area (Å²) in [5, 5.41) is 6.01. The van der Waals surface area contributed by atoms with E-state index in [1.54, 1.807) is 4.68 Å². The lowest BCUT2D eigenvalue weighted by molar-refractivity contribution is -0.0421. The zero-order valence-corrected chi connectivity index (χ0v) is 20.2. The number of halogens is 2. The fourth-order valence-electron chi connectivity index (χ4n) is 5.05. The molecular weight excluding hydrogens is 457 g/mol. The number of carbonyl (C=O) groups is 1. The molecule has 2 fully saturated rings. The van der Waals surface area contributed by atoms with E-state index in [2.05, 4.69) is 4.90 Å². The molecule has 0 atom stereocenters. The Balaban J connectivity index is 1.45. The van der Waals surface area contributed by atoms with Gasteiger partial charge in [-0.1, -0.05) is 47.5 Å². The first-order valence-corrected chi connectivity index (χ1v) is 12.2. The van der Waals surface area contributed by atoms with Gasteiger partial charge in [0.1, 0.15) is 5.69 Å². The standard InChI is InChI=1S/C26H27Cl2N3O2/c1-18-24(23(32)17-30-14-12-26(13-15-30)11-4-16-33-26)29-31(22-6-3-2-5-21(22)28)25(18)19-7-9-20(27)10-8-19/h2-3,5-10H,4,11-17H2,1H3. The SMILES string of the molecule is Cc1c(C(=O)CN2CCC3(CCCO3)CC2)nn(-c2ccccc2Cl)c1-c1ccc(Cl)cc1. The first-order chi connectivity index (χ1) is 16.0. The first-order valence-electron chi connectivity index (χ1n) is 11.5. The average molecular weight is 484 g/mol. The van der Waals surface area contributed by atoms with Crippen LogP contribution < -0.4 is 0 Å². The van der Waals surface area contributed by atoms with Crippen LogP contribution in [0.3, 0.4) is 0 Å². The Hall–Kier alpha value is -2.18. The van der Waals surface area contributed by atoms with E-state index in [9.17, 15) is 4.79 Å². The van der Waals surface area contributed by atoms with Crippen molar-refractivity contribution in [2.75, 3.05) is 26.2 Å². The van der Waals surface area contributed by atoms with E-state index in [1.165, 1.54) is 0 Å². The van der Waals surface area contributed by atoms with Gasteiger partial charge in [-0.25, -0.2) is 4.68 Å².